The summed E-state index contributed by atoms with van der Waals surface area (Å²) in [5.74, 6) is -1.72. The Kier molecular flexibility index (Phi) is 7.43. The molecule has 0 spiro atoms. The monoisotopic (exact) mass is 395 g/mol. The first-order valence-corrected chi connectivity index (χ1v) is 8.59. The van der Waals surface area contributed by atoms with Gasteiger partial charge in [0.05, 0.1) is 5.56 Å². The van der Waals surface area contributed by atoms with Gasteiger partial charge in [-0.3, -0.25) is 4.79 Å². The van der Waals surface area contributed by atoms with Crippen molar-refractivity contribution < 1.29 is 32.2 Å². The predicted octanol–water partition coefficient (Wildman–Crippen LogP) is 3.88. The number of amides is 1. The van der Waals surface area contributed by atoms with Crippen molar-refractivity contribution in [3.05, 3.63) is 65.7 Å². The first kappa shape index (κ1) is 21.3. The van der Waals surface area contributed by atoms with Crippen molar-refractivity contribution in [2.45, 2.75) is 32.2 Å². The maximum atomic E-state index is 12.1. The third kappa shape index (κ3) is 7.69. The minimum Gasteiger partial charge on any atom is -0.452 e. The molecule has 1 amide bonds. The summed E-state index contributed by atoms with van der Waals surface area (Å²) in [6, 6.07) is 14.0. The molecule has 0 saturated carbocycles. The molecule has 0 aliphatic heterocycles. The summed E-state index contributed by atoms with van der Waals surface area (Å²) in [6.45, 7) is 1.37. The molecule has 2 aromatic carbocycles. The van der Waals surface area contributed by atoms with Crippen molar-refractivity contribution in [3.8, 4) is 5.75 Å². The lowest BCUT2D eigenvalue weighted by Crippen LogP contribution is -2.36. The second-order valence-corrected chi connectivity index (χ2v) is 6.14. The van der Waals surface area contributed by atoms with Crippen LogP contribution in [-0.4, -0.2) is 30.9 Å². The Bertz CT molecular complexity index is 776. The second kappa shape index (κ2) is 9.77. The van der Waals surface area contributed by atoms with E-state index in [1.54, 1.807) is 0 Å². The standard InChI is InChI=1S/C20H20F3NO4/c1-14(7-8-15-5-3-2-4-6-15)24-18(25)13-27-19(26)16-9-11-17(12-10-16)28-20(21,22)23/h2-6,9-12,14H,7-8,13H2,1H3,(H,24,25)/t14-/m1/s1. The Balaban J connectivity index is 1.73. The number of esters is 1. The number of nitrogens with one attached hydrogen (secondary N) is 1. The molecule has 0 aliphatic carbocycles. The quantitative estimate of drug-likeness (QED) is 0.689. The Morgan fingerprint density at radius 2 is 1.68 bits per heavy atom. The van der Waals surface area contributed by atoms with E-state index in [9.17, 15) is 22.8 Å². The third-order valence-corrected chi connectivity index (χ3v) is 3.77. The van der Waals surface area contributed by atoms with Crippen LogP contribution in [-0.2, 0) is 16.0 Å². The van der Waals surface area contributed by atoms with E-state index < -0.39 is 30.6 Å². The van der Waals surface area contributed by atoms with Crippen LogP contribution in [0.15, 0.2) is 54.6 Å². The zero-order valence-corrected chi connectivity index (χ0v) is 15.2. The Morgan fingerprint density at radius 3 is 2.29 bits per heavy atom. The van der Waals surface area contributed by atoms with E-state index in [-0.39, 0.29) is 11.6 Å². The highest BCUT2D eigenvalue weighted by Crippen LogP contribution is 2.22. The normalized spacial score (nSPS) is 12.1. The fraction of sp³-hybridized carbons (Fsp3) is 0.300. The Morgan fingerprint density at radius 1 is 1.04 bits per heavy atom. The van der Waals surface area contributed by atoms with Crippen LogP contribution in [0.5, 0.6) is 5.75 Å². The van der Waals surface area contributed by atoms with E-state index in [4.69, 9.17) is 4.74 Å². The molecule has 28 heavy (non-hydrogen) atoms. The highest BCUT2D eigenvalue weighted by molar-refractivity contribution is 5.91. The molecule has 1 N–H and O–H groups in total. The zero-order chi connectivity index (χ0) is 20.6. The van der Waals surface area contributed by atoms with Gasteiger partial charge in [0.15, 0.2) is 6.61 Å². The smallest absolute Gasteiger partial charge is 0.452 e. The number of ether oxygens (including phenoxy) is 2. The molecule has 0 aromatic heterocycles. The van der Waals surface area contributed by atoms with Crippen molar-refractivity contribution in [1.82, 2.24) is 5.32 Å². The Labute approximate surface area is 160 Å². The van der Waals surface area contributed by atoms with Crippen LogP contribution >= 0.6 is 0 Å². The SMILES string of the molecule is C[C@H](CCc1ccccc1)NC(=O)COC(=O)c1ccc(OC(F)(F)F)cc1. The van der Waals surface area contributed by atoms with E-state index in [2.05, 4.69) is 10.1 Å². The number of hydrogen-bond donors (Lipinski definition) is 1. The number of carbonyl (C=O) groups excluding carboxylic acids is 2. The lowest BCUT2D eigenvalue weighted by molar-refractivity contribution is -0.274. The largest absolute Gasteiger partial charge is 0.573 e. The summed E-state index contributed by atoms with van der Waals surface area (Å²) >= 11 is 0. The van der Waals surface area contributed by atoms with Crippen LogP contribution in [0, 0.1) is 0 Å². The summed E-state index contributed by atoms with van der Waals surface area (Å²) in [5.41, 5.74) is 1.17. The van der Waals surface area contributed by atoms with Crippen molar-refractivity contribution in [3.63, 3.8) is 0 Å². The average Bonchev–Trinajstić information content (AvgIpc) is 2.64. The Hall–Kier alpha value is -3.03. The first-order chi connectivity index (χ1) is 13.2. The molecule has 0 radical (unpaired) electrons. The van der Waals surface area contributed by atoms with Gasteiger partial charge in [0.2, 0.25) is 0 Å². The van der Waals surface area contributed by atoms with Crippen LogP contribution in [0.25, 0.3) is 0 Å². The molecule has 2 rings (SSSR count). The van der Waals surface area contributed by atoms with Gasteiger partial charge in [-0.2, -0.15) is 0 Å². The molecule has 0 aliphatic rings. The zero-order valence-electron chi connectivity index (χ0n) is 15.2. The van der Waals surface area contributed by atoms with E-state index in [0.29, 0.717) is 0 Å². The molecule has 8 heteroatoms. The van der Waals surface area contributed by atoms with Crippen LogP contribution in [0.1, 0.15) is 29.3 Å². The van der Waals surface area contributed by atoms with Gasteiger partial charge in [-0.15, -0.1) is 13.2 Å². The van der Waals surface area contributed by atoms with Crippen molar-refractivity contribution in [2.75, 3.05) is 6.61 Å². The summed E-state index contributed by atoms with van der Waals surface area (Å²) in [6.07, 6.45) is -3.28. The van der Waals surface area contributed by atoms with E-state index >= 15 is 0 Å². The summed E-state index contributed by atoms with van der Waals surface area (Å²) in [7, 11) is 0. The number of halogens is 3. The topological polar surface area (TPSA) is 64.6 Å². The second-order valence-electron chi connectivity index (χ2n) is 6.14. The average molecular weight is 395 g/mol. The molecule has 150 valence electrons. The van der Waals surface area contributed by atoms with Crippen LogP contribution in [0.3, 0.4) is 0 Å². The summed E-state index contributed by atoms with van der Waals surface area (Å²) < 4.78 is 44.9. The minimum atomic E-state index is -4.81. The van der Waals surface area contributed by atoms with Crippen molar-refractivity contribution in [2.24, 2.45) is 0 Å². The first-order valence-electron chi connectivity index (χ1n) is 8.59. The fourth-order valence-corrected chi connectivity index (χ4v) is 2.42. The number of carbonyl (C=O) groups is 2. The van der Waals surface area contributed by atoms with Crippen molar-refractivity contribution >= 4 is 11.9 Å². The maximum Gasteiger partial charge on any atom is 0.573 e. The molecular weight excluding hydrogens is 375 g/mol. The van der Waals surface area contributed by atoms with Gasteiger partial charge in [0.1, 0.15) is 5.75 Å². The lowest BCUT2D eigenvalue weighted by Gasteiger charge is -2.14. The molecule has 0 fully saturated rings. The van der Waals surface area contributed by atoms with Gasteiger partial charge in [0, 0.05) is 6.04 Å². The van der Waals surface area contributed by atoms with Crippen LogP contribution in [0.2, 0.25) is 0 Å². The van der Waals surface area contributed by atoms with Gasteiger partial charge in [0.25, 0.3) is 5.91 Å². The maximum absolute atomic E-state index is 12.1. The number of benzene rings is 2. The van der Waals surface area contributed by atoms with Gasteiger partial charge in [-0.05, 0) is 49.6 Å². The molecule has 2 aromatic rings. The molecule has 0 saturated heterocycles. The van der Waals surface area contributed by atoms with Gasteiger partial charge in [-0.1, -0.05) is 30.3 Å². The number of rotatable bonds is 8. The van der Waals surface area contributed by atoms with Gasteiger partial charge >= 0.3 is 12.3 Å². The molecule has 0 bridgehead atoms. The van der Waals surface area contributed by atoms with Crippen LogP contribution in [0.4, 0.5) is 13.2 Å². The number of hydrogen-bond acceptors (Lipinski definition) is 4. The molecule has 0 heterocycles. The lowest BCUT2D eigenvalue weighted by atomic mass is 10.1. The van der Waals surface area contributed by atoms with Gasteiger partial charge < -0.3 is 14.8 Å². The minimum absolute atomic E-state index is 0.0134. The highest BCUT2D eigenvalue weighted by atomic mass is 19.4. The molecule has 0 unspecified atom stereocenters. The molecule has 5 nitrogen and oxygen atoms in total. The van der Waals surface area contributed by atoms with E-state index in [1.807, 2.05) is 37.3 Å². The molecule has 1 atom stereocenters. The molecular formula is C20H20F3NO4. The van der Waals surface area contributed by atoms with E-state index in [1.165, 1.54) is 0 Å². The van der Waals surface area contributed by atoms with Gasteiger partial charge in [-0.25, -0.2) is 4.79 Å². The van der Waals surface area contributed by atoms with Crippen LogP contribution < -0.4 is 10.1 Å². The fourth-order valence-electron chi connectivity index (χ4n) is 2.42. The predicted molar refractivity (Wildman–Crippen MR) is 95.8 cm³/mol. The summed E-state index contributed by atoms with van der Waals surface area (Å²) in [4.78, 5) is 23.8. The highest BCUT2D eigenvalue weighted by Gasteiger charge is 2.31. The van der Waals surface area contributed by atoms with Crippen molar-refractivity contribution in [1.29, 1.82) is 0 Å². The number of aryl methyl sites for hydroxylation is 1. The summed E-state index contributed by atoms with van der Waals surface area (Å²) in [5, 5.41) is 2.73. The third-order valence-electron chi connectivity index (χ3n) is 3.77. The number of alkyl halides is 3. The van der Waals surface area contributed by atoms with E-state index in [0.717, 1.165) is 42.7 Å².